The summed E-state index contributed by atoms with van der Waals surface area (Å²) in [5.41, 5.74) is 2.86. The summed E-state index contributed by atoms with van der Waals surface area (Å²) in [6, 6.07) is 18.3. The molecule has 1 aliphatic heterocycles. The van der Waals surface area contributed by atoms with Crippen LogP contribution in [0.2, 0.25) is 0 Å². The summed E-state index contributed by atoms with van der Waals surface area (Å²) in [7, 11) is 6.66. The number of benzene rings is 2. The predicted molar refractivity (Wildman–Crippen MR) is 119 cm³/mol. The standard InChI is InChI=1S/C21H29N6S/c1-5-26(15-16-27(2,3)4)19-13-11-18(12-14-19)23-24-21-22-20(25-28-21)17-9-7-6-8-10-17/h6-14,21H,5,15-16H2,1-4H3,(H,22,25)/q+1. The first-order valence-corrected chi connectivity index (χ1v) is 10.4. The van der Waals surface area contributed by atoms with Crippen molar-refractivity contribution >= 4 is 29.2 Å². The van der Waals surface area contributed by atoms with Crippen LogP contribution in [0.1, 0.15) is 12.5 Å². The van der Waals surface area contributed by atoms with Crippen molar-refractivity contribution in [1.82, 2.24) is 4.72 Å². The highest BCUT2D eigenvalue weighted by atomic mass is 32.2. The number of nitrogens with one attached hydrogen (secondary N) is 1. The van der Waals surface area contributed by atoms with Crippen LogP contribution < -0.4 is 9.62 Å². The zero-order valence-corrected chi connectivity index (χ0v) is 17.9. The lowest BCUT2D eigenvalue weighted by Gasteiger charge is -2.29. The maximum atomic E-state index is 4.58. The molecule has 1 N–H and O–H groups in total. The third kappa shape index (κ3) is 5.81. The van der Waals surface area contributed by atoms with E-state index in [-0.39, 0.29) is 5.50 Å². The van der Waals surface area contributed by atoms with E-state index in [9.17, 15) is 0 Å². The number of aliphatic imine (C=N–C) groups is 1. The molecule has 0 saturated carbocycles. The third-order valence-corrected chi connectivity index (χ3v) is 5.18. The van der Waals surface area contributed by atoms with Gasteiger partial charge in [0.25, 0.3) is 0 Å². The van der Waals surface area contributed by atoms with Gasteiger partial charge in [0.1, 0.15) is 5.84 Å². The minimum Gasteiger partial charge on any atom is -0.366 e. The lowest BCUT2D eigenvalue weighted by molar-refractivity contribution is -0.868. The summed E-state index contributed by atoms with van der Waals surface area (Å²) in [5, 5.41) is 8.72. The number of hydrogen-bond acceptors (Lipinski definition) is 6. The van der Waals surface area contributed by atoms with Gasteiger partial charge in [0.05, 0.1) is 39.9 Å². The Balaban J connectivity index is 1.60. The van der Waals surface area contributed by atoms with Gasteiger partial charge in [-0.1, -0.05) is 30.3 Å². The van der Waals surface area contributed by atoms with Crippen LogP contribution in [0, 0.1) is 0 Å². The highest BCUT2D eigenvalue weighted by molar-refractivity contribution is 7.98. The number of azo groups is 1. The van der Waals surface area contributed by atoms with Gasteiger partial charge < -0.3 is 14.1 Å². The summed E-state index contributed by atoms with van der Waals surface area (Å²) in [4.78, 5) is 6.96. The smallest absolute Gasteiger partial charge is 0.227 e. The molecule has 0 bridgehead atoms. The molecule has 1 atom stereocenters. The second-order valence-corrected chi connectivity index (χ2v) is 8.58. The molecule has 0 aromatic heterocycles. The van der Waals surface area contributed by atoms with E-state index in [1.165, 1.54) is 17.6 Å². The molecule has 28 heavy (non-hydrogen) atoms. The van der Waals surface area contributed by atoms with E-state index in [0.717, 1.165) is 41.2 Å². The lowest BCUT2D eigenvalue weighted by atomic mass is 10.2. The molecule has 0 aliphatic carbocycles. The number of amidine groups is 1. The van der Waals surface area contributed by atoms with E-state index in [0.29, 0.717) is 0 Å². The van der Waals surface area contributed by atoms with Gasteiger partial charge in [-0.15, -0.1) is 5.11 Å². The molecular weight excluding hydrogens is 368 g/mol. The van der Waals surface area contributed by atoms with Crippen LogP contribution in [-0.2, 0) is 0 Å². The molecule has 148 valence electrons. The fraction of sp³-hybridized carbons (Fsp3) is 0.381. The summed E-state index contributed by atoms with van der Waals surface area (Å²) < 4.78 is 4.18. The Morgan fingerprint density at radius 2 is 1.79 bits per heavy atom. The number of anilines is 1. The zero-order valence-electron chi connectivity index (χ0n) is 17.0. The molecule has 1 aliphatic rings. The minimum atomic E-state index is -0.258. The normalized spacial score (nSPS) is 16.9. The maximum Gasteiger partial charge on any atom is 0.227 e. The van der Waals surface area contributed by atoms with Gasteiger partial charge in [-0.3, -0.25) is 0 Å². The molecule has 2 aromatic rings. The molecule has 0 radical (unpaired) electrons. The molecule has 6 nitrogen and oxygen atoms in total. The second-order valence-electron chi connectivity index (χ2n) is 7.72. The lowest BCUT2D eigenvalue weighted by Crippen LogP contribution is -2.42. The Morgan fingerprint density at radius 3 is 2.43 bits per heavy atom. The van der Waals surface area contributed by atoms with Crippen molar-refractivity contribution in [2.45, 2.75) is 12.4 Å². The molecular formula is C21H29N6S+. The van der Waals surface area contributed by atoms with Crippen molar-refractivity contribution in [2.75, 3.05) is 45.7 Å². The first-order chi connectivity index (χ1) is 13.4. The quantitative estimate of drug-likeness (QED) is 0.411. The Kier molecular flexibility index (Phi) is 6.70. The molecule has 1 unspecified atom stereocenters. The van der Waals surface area contributed by atoms with E-state index >= 15 is 0 Å². The third-order valence-electron chi connectivity index (χ3n) is 4.46. The predicted octanol–water partition coefficient (Wildman–Crippen LogP) is 4.28. The average molecular weight is 398 g/mol. The Bertz CT molecular complexity index is 811. The first-order valence-electron chi connectivity index (χ1n) is 9.56. The number of hydrogen-bond donors (Lipinski definition) is 1. The van der Waals surface area contributed by atoms with Gasteiger partial charge >= 0.3 is 0 Å². The van der Waals surface area contributed by atoms with Crippen LogP contribution in [0.5, 0.6) is 0 Å². The van der Waals surface area contributed by atoms with Crippen molar-refractivity contribution in [1.29, 1.82) is 0 Å². The second kappa shape index (κ2) is 9.21. The fourth-order valence-corrected chi connectivity index (χ4v) is 3.43. The van der Waals surface area contributed by atoms with Crippen molar-refractivity contribution in [3.8, 4) is 0 Å². The number of likely N-dealkylation sites (N-methyl/N-ethyl adjacent to an activating group) is 2. The monoisotopic (exact) mass is 397 g/mol. The zero-order chi connectivity index (χ0) is 20.0. The van der Waals surface area contributed by atoms with Crippen LogP contribution in [0.25, 0.3) is 0 Å². The summed E-state index contributed by atoms with van der Waals surface area (Å²) >= 11 is 1.46. The van der Waals surface area contributed by atoms with Crippen LogP contribution in [0.15, 0.2) is 69.8 Å². The molecule has 2 aromatic carbocycles. The van der Waals surface area contributed by atoms with Crippen LogP contribution in [-0.4, -0.2) is 56.6 Å². The molecule has 0 amide bonds. The van der Waals surface area contributed by atoms with Gasteiger partial charge in [0.15, 0.2) is 0 Å². The largest absolute Gasteiger partial charge is 0.366 e. The number of rotatable bonds is 8. The van der Waals surface area contributed by atoms with Crippen LogP contribution >= 0.6 is 11.9 Å². The van der Waals surface area contributed by atoms with Crippen molar-refractivity contribution in [3.05, 3.63) is 60.2 Å². The van der Waals surface area contributed by atoms with Crippen molar-refractivity contribution in [2.24, 2.45) is 15.2 Å². The van der Waals surface area contributed by atoms with Crippen LogP contribution in [0.3, 0.4) is 0 Å². The van der Waals surface area contributed by atoms with E-state index in [1.807, 2.05) is 42.5 Å². The number of quaternary nitrogens is 1. The molecule has 0 fully saturated rings. The molecule has 0 saturated heterocycles. The maximum absolute atomic E-state index is 4.58. The number of nitrogens with zero attached hydrogens (tertiary/aromatic N) is 5. The van der Waals surface area contributed by atoms with Crippen molar-refractivity contribution < 1.29 is 4.48 Å². The average Bonchev–Trinajstić information content (AvgIpc) is 3.17. The first kappa shape index (κ1) is 20.4. The van der Waals surface area contributed by atoms with E-state index in [1.54, 1.807) is 0 Å². The van der Waals surface area contributed by atoms with Gasteiger partial charge in [-0.25, -0.2) is 4.99 Å². The molecule has 3 rings (SSSR count). The van der Waals surface area contributed by atoms with E-state index < -0.39 is 0 Å². The highest BCUT2D eigenvalue weighted by Gasteiger charge is 2.18. The molecule has 7 heteroatoms. The summed E-state index contributed by atoms with van der Waals surface area (Å²) in [6.45, 7) is 5.31. The van der Waals surface area contributed by atoms with Gasteiger partial charge in [0.2, 0.25) is 5.50 Å². The van der Waals surface area contributed by atoms with E-state index in [2.05, 4.69) is 65.0 Å². The molecule has 0 spiro atoms. The SMILES string of the molecule is CCN(CC[N+](C)(C)C)c1ccc(N=NC2N=C(c3ccccc3)NS2)cc1. The fourth-order valence-electron chi connectivity index (χ4n) is 2.79. The Labute approximate surface area is 172 Å². The Morgan fingerprint density at radius 1 is 1.07 bits per heavy atom. The topological polar surface area (TPSA) is 52.4 Å². The van der Waals surface area contributed by atoms with Crippen LogP contribution in [0.4, 0.5) is 11.4 Å². The van der Waals surface area contributed by atoms with Crippen molar-refractivity contribution in [3.63, 3.8) is 0 Å². The van der Waals surface area contributed by atoms with E-state index in [4.69, 9.17) is 0 Å². The highest BCUT2D eigenvalue weighted by Crippen LogP contribution is 2.24. The Hall–Kier alpha value is -2.38. The van der Waals surface area contributed by atoms with Gasteiger partial charge in [-0.2, -0.15) is 5.11 Å². The summed E-state index contributed by atoms with van der Waals surface area (Å²) in [5.74, 6) is 0.848. The molecule has 1 heterocycles. The van der Waals surface area contributed by atoms with Gasteiger partial charge in [0, 0.05) is 29.7 Å². The minimum absolute atomic E-state index is 0.258. The summed E-state index contributed by atoms with van der Waals surface area (Å²) in [6.07, 6.45) is 0. The van der Waals surface area contributed by atoms with Gasteiger partial charge in [-0.05, 0) is 31.2 Å².